The third kappa shape index (κ3) is 4.94. The molecule has 0 radical (unpaired) electrons. The molecule has 0 atom stereocenters. The molecule has 0 fully saturated rings. The van der Waals surface area contributed by atoms with Crippen molar-refractivity contribution in [2.45, 2.75) is 18.6 Å². The molecule has 3 heterocycles. The molecule has 0 saturated carbocycles. The van der Waals surface area contributed by atoms with E-state index in [2.05, 4.69) is 10.3 Å². The number of nitrogens with zero attached hydrogens (tertiary/aromatic N) is 3. The second-order valence-electron chi connectivity index (χ2n) is 7.32. The fraction of sp³-hybridized carbons (Fsp3) is 0.136. The summed E-state index contributed by atoms with van der Waals surface area (Å²) in [5.74, 6) is -0.828. The maximum absolute atomic E-state index is 13.5. The third-order valence-corrected chi connectivity index (χ3v) is 6.68. The van der Waals surface area contributed by atoms with E-state index in [0.717, 1.165) is 34.0 Å². The lowest BCUT2D eigenvalue weighted by molar-refractivity contribution is 0.0954. The number of hydrogen-bond acceptors (Lipinski definition) is 6. The van der Waals surface area contributed by atoms with Crippen LogP contribution in [0.25, 0.3) is 11.4 Å². The van der Waals surface area contributed by atoms with Gasteiger partial charge in [-0.3, -0.25) is 18.7 Å². The van der Waals surface area contributed by atoms with Gasteiger partial charge in [0.25, 0.3) is 11.5 Å². The Hall–Kier alpha value is -3.57. The van der Waals surface area contributed by atoms with Crippen molar-refractivity contribution in [2.24, 2.45) is 0 Å². The molecule has 4 rings (SSSR count). The second-order valence-corrected chi connectivity index (χ2v) is 10.5. The number of sulfone groups is 1. The lowest BCUT2D eigenvalue weighted by Crippen LogP contribution is -2.22. The maximum Gasteiger partial charge on any atom is 0.261 e. The van der Waals surface area contributed by atoms with Crippen LogP contribution in [0.5, 0.6) is 0 Å². The number of hydrogen-bond donors (Lipinski definition) is 1. The standard InChI is InChI=1S/C22H19FN4O4S2/c1-14-3-9-19(32-14)21(29)24-11-16-13-27(22(25-16)33(2,30)31)18-7-5-17(6-8-18)26-12-15(23)4-10-20(26)28/h3-10,12-13H,11H2,1-2H3,(H,24,29). The van der Waals surface area contributed by atoms with E-state index in [1.807, 2.05) is 13.0 Å². The monoisotopic (exact) mass is 486 g/mol. The third-order valence-electron chi connectivity index (χ3n) is 4.73. The minimum atomic E-state index is -3.69. The number of aromatic nitrogens is 3. The number of imidazole rings is 1. The van der Waals surface area contributed by atoms with Crippen LogP contribution in [0.3, 0.4) is 0 Å². The van der Waals surface area contributed by atoms with Crippen molar-refractivity contribution < 1.29 is 17.6 Å². The Bertz CT molecular complexity index is 1500. The SMILES string of the molecule is Cc1ccc(C(=O)NCc2cn(-c3ccc(-n4cc(F)ccc4=O)cc3)c(S(C)(=O)=O)n2)s1. The quantitative estimate of drug-likeness (QED) is 0.452. The molecular formula is C22H19FN4O4S2. The first kappa shape index (κ1) is 22.6. The largest absolute Gasteiger partial charge is 0.346 e. The minimum absolute atomic E-state index is 0.0437. The number of rotatable bonds is 6. The predicted molar refractivity (Wildman–Crippen MR) is 122 cm³/mol. The van der Waals surface area contributed by atoms with Crippen LogP contribution in [0, 0.1) is 12.7 Å². The van der Waals surface area contributed by atoms with Crippen LogP contribution in [0.4, 0.5) is 4.39 Å². The van der Waals surface area contributed by atoms with Crippen molar-refractivity contribution in [3.05, 3.63) is 92.5 Å². The van der Waals surface area contributed by atoms with Gasteiger partial charge in [-0.2, -0.15) is 0 Å². The van der Waals surface area contributed by atoms with Gasteiger partial charge < -0.3 is 5.32 Å². The van der Waals surface area contributed by atoms with Crippen LogP contribution in [-0.2, 0) is 16.4 Å². The highest BCUT2D eigenvalue weighted by Gasteiger charge is 2.20. The van der Waals surface area contributed by atoms with E-state index in [-0.39, 0.29) is 17.6 Å². The fourth-order valence-electron chi connectivity index (χ4n) is 3.19. The molecule has 170 valence electrons. The summed E-state index contributed by atoms with van der Waals surface area (Å²) in [6.07, 6.45) is 3.65. The van der Waals surface area contributed by atoms with Crippen molar-refractivity contribution in [3.8, 4) is 11.4 Å². The molecule has 0 spiro atoms. The Kier molecular flexibility index (Phi) is 6.00. The van der Waals surface area contributed by atoms with Crippen molar-refractivity contribution in [1.29, 1.82) is 0 Å². The summed E-state index contributed by atoms with van der Waals surface area (Å²) in [4.78, 5) is 30.1. The molecule has 0 saturated heterocycles. The van der Waals surface area contributed by atoms with E-state index in [1.165, 1.54) is 22.1 Å². The number of carbonyl (C=O) groups excluding carboxylic acids is 1. The first-order valence-electron chi connectivity index (χ1n) is 9.74. The summed E-state index contributed by atoms with van der Waals surface area (Å²) in [5, 5.41) is 2.56. The molecule has 3 aromatic heterocycles. The average Bonchev–Trinajstić information content (AvgIpc) is 3.40. The van der Waals surface area contributed by atoms with Crippen LogP contribution < -0.4 is 10.9 Å². The number of amides is 1. The molecule has 8 nitrogen and oxygen atoms in total. The van der Waals surface area contributed by atoms with Crippen LogP contribution in [-0.4, -0.2) is 34.7 Å². The van der Waals surface area contributed by atoms with Crippen molar-refractivity contribution in [3.63, 3.8) is 0 Å². The molecule has 11 heteroatoms. The maximum atomic E-state index is 13.5. The van der Waals surface area contributed by atoms with Gasteiger partial charge >= 0.3 is 0 Å². The number of thiophene rings is 1. The van der Waals surface area contributed by atoms with E-state index >= 15 is 0 Å². The van der Waals surface area contributed by atoms with Gasteiger partial charge in [0.05, 0.1) is 17.1 Å². The molecule has 0 unspecified atom stereocenters. The van der Waals surface area contributed by atoms with E-state index in [4.69, 9.17) is 0 Å². The second kappa shape index (κ2) is 8.75. The van der Waals surface area contributed by atoms with Crippen LogP contribution in [0.15, 0.2) is 70.9 Å². The van der Waals surface area contributed by atoms with Gasteiger partial charge in [-0.25, -0.2) is 17.8 Å². The molecule has 4 aromatic rings. The molecule has 0 aliphatic carbocycles. The van der Waals surface area contributed by atoms with Gasteiger partial charge in [-0.15, -0.1) is 11.3 Å². The first-order valence-corrected chi connectivity index (χ1v) is 12.4. The summed E-state index contributed by atoms with van der Waals surface area (Å²) in [6.45, 7) is 1.94. The summed E-state index contributed by atoms with van der Waals surface area (Å²) in [6, 6.07) is 12.1. The van der Waals surface area contributed by atoms with E-state index in [1.54, 1.807) is 30.3 Å². The molecule has 0 aliphatic heterocycles. The van der Waals surface area contributed by atoms with Gasteiger partial charge in [-0.1, -0.05) is 0 Å². The van der Waals surface area contributed by atoms with Gasteiger partial charge in [-0.05, 0) is 49.4 Å². The van der Waals surface area contributed by atoms with Gasteiger partial charge in [0.15, 0.2) is 0 Å². The van der Waals surface area contributed by atoms with E-state index < -0.39 is 21.2 Å². The predicted octanol–water partition coefficient (Wildman–Crippen LogP) is 2.87. The van der Waals surface area contributed by atoms with E-state index in [9.17, 15) is 22.4 Å². The zero-order valence-electron chi connectivity index (χ0n) is 17.6. The molecule has 0 aliphatic rings. The average molecular weight is 487 g/mol. The highest BCUT2D eigenvalue weighted by molar-refractivity contribution is 7.90. The molecule has 33 heavy (non-hydrogen) atoms. The number of nitrogens with one attached hydrogen (secondary N) is 1. The molecular weight excluding hydrogens is 467 g/mol. The number of aryl methyl sites for hydroxylation is 1. The van der Waals surface area contributed by atoms with Crippen molar-refractivity contribution in [1.82, 2.24) is 19.4 Å². The lowest BCUT2D eigenvalue weighted by atomic mass is 10.2. The zero-order chi connectivity index (χ0) is 23.8. The highest BCUT2D eigenvalue weighted by atomic mass is 32.2. The van der Waals surface area contributed by atoms with Crippen molar-refractivity contribution in [2.75, 3.05) is 6.26 Å². The van der Waals surface area contributed by atoms with Gasteiger partial charge in [0.1, 0.15) is 5.82 Å². The smallest absolute Gasteiger partial charge is 0.261 e. The topological polar surface area (TPSA) is 103 Å². The Balaban J connectivity index is 1.63. The fourth-order valence-corrected chi connectivity index (χ4v) is 4.78. The summed E-state index contributed by atoms with van der Waals surface area (Å²) >= 11 is 1.36. The Morgan fingerprint density at radius 1 is 1.03 bits per heavy atom. The number of halogens is 1. The van der Waals surface area contributed by atoms with Gasteiger partial charge in [0.2, 0.25) is 15.0 Å². The number of carbonyl (C=O) groups is 1. The molecule has 1 aromatic carbocycles. The number of benzene rings is 1. The van der Waals surface area contributed by atoms with E-state index in [0.29, 0.717) is 21.9 Å². The zero-order valence-corrected chi connectivity index (χ0v) is 19.3. The lowest BCUT2D eigenvalue weighted by Gasteiger charge is -2.09. The first-order chi connectivity index (χ1) is 15.6. The Morgan fingerprint density at radius 3 is 2.30 bits per heavy atom. The summed E-state index contributed by atoms with van der Waals surface area (Å²) < 4.78 is 40.7. The van der Waals surface area contributed by atoms with Crippen LogP contribution in [0.2, 0.25) is 0 Å². The number of pyridine rings is 1. The molecule has 0 bridgehead atoms. The van der Waals surface area contributed by atoms with Crippen LogP contribution in [0.1, 0.15) is 20.2 Å². The summed E-state index contributed by atoms with van der Waals surface area (Å²) in [5.41, 5.74) is 0.857. The highest BCUT2D eigenvalue weighted by Crippen LogP contribution is 2.20. The van der Waals surface area contributed by atoms with Gasteiger partial charge in [0, 0.05) is 41.0 Å². The van der Waals surface area contributed by atoms with Crippen LogP contribution >= 0.6 is 11.3 Å². The molecule has 1 amide bonds. The normalized spacial score (nSPS) is 11.5. The van der Waals surface area contributed by atoms with Crippen molar-refractivity contribution >= 4 is 27.1 Å². The molecule has 1 N–H and O–H groups in total. The minimum Gasteiger partial charge on any atom is -0.346 e. The Morgan fingerprint density at radius 2 is 1.70 bits per heavy atom. The Labute approximate surface area is 192 Å². The summed E-state index contributed by atoms with van der Waals surface area (Å²) in [7, 11) is -3.69.